The van der Waals surface area contributed by atoms with E-state index in [0.29, 0.717) is 11.6 Å². The van der Waals surface area contributed by atoms with Crippen LogP contribution in [-0.2, 0) is 14.4 Å². The van der Waals surface area contributed by atoms with Gasteiger partial charge in [-0.3, -0.25) is 9.59 Å². The number of benzene rings is 1. The molecule has 0 unspecified atom stereocenters. The van der Waals surface area contributed by atoms with Crippen molar-refractivity contribution >= 4 is 29.4 Å². The van der Waals surface area contributed by atoms with Crippen molar-refractivity contribution in [3.8, 4) is 0 Å². The van der Waals surface area contributed by atoms with E-state index in [-0.39, 0.29) is 43.0 Å². The van der Waals surface area contributed by atoms with E-state index in [1.807, 2.05) is 12.1 Å². The highest BCUT2D eigenvalue weighted by atomic mass is 35.5. The van der Waals surface area contributed by atoms with Crippen LogP contribution >= 0.6 is 11.6 Å². The number of halogens is 1. The number of carbonyl (C=O) groups excluding carboxylic acids is 3. The fourth-order valence-electron chi connectivity index (χ4n) is 3.20. The van der Waals surface area contributed by atoms with E-state index in [2.05, 4.69) is 16.0 Å². The third-order valence-electron chi connectivity index (χ3n) is 4.76. The molecule has 148 valence electrons. The minimum Gasteiger partial charge on any atom is -0.550 e. The van der Waals surface area contributed by atoms with Gasteiger partial charge in [0.25, 0.3) is 0 Å². The van der Waals surface area contributed by atoms with Crippen molar-refractivity contribution in [3.05, 3.63) is 34.9 Å². The van der Waals surface area contributed by atoms with E-state index in [0.717, 1.165) is 31.5 Å². The smallest absolute Gasteiger partial charge is 0.223 e. The molecule has 1 aliphatic heterocycles. The van der Waals surface area contributed by atoms with Gasteiger partial charge in [0.05, 0.1) is 13.1 Å². The molecule has 0 aliphatic carbocycles. The van der Waals surface area contributed by atoms with Gasteiger partial charge >= 0.3 is 0 Å². The van der Waals surface area contributed by atoms with E-state index >= 15 is 0 Å². The Bertz CT molecular complexity index is 645. The highest BCUT2D eigenvalue weighted by Crippen LogP contribution is 2.22. The largest absolute Gasteiger partial charge is 0.550 e. The molecule has 2 rings (SSSR count). The van der Waals surface area contributed by atoms with Crippen molar-refractivity contribution in [2.24, 2.45) is 5.92 Å². The van der Waals surface area contributed by atoms with Crippen molar-refractivity contribution in [3.63, 3.8) is 0 Å². The predicted octanol–water partition coefficient (Wildman–Crippen LogP) is -0.840. The number of amides is 2. The second-order valence-corrected chi connectivity index (χ2v) is 7.25. The Hall–Kier alpha value is -2.12. The molecule has 1 heterocycles. The maximum absolute atomic E-state index is 12.4. The Labute approximate surface area is 163 Å². The summed E-state index contributed by atoms with van der Waals surface area (Å²) >= 11 is 5.94. The number of rotatable bonds is 9. The van der Waals surface area contributed by atoms with Gasteiger partial charge in [-0.05, 0) is 17.7 Å². The SMILES string of the molecule is O=C([O-])CCNC(=O)C[C@@H](CNC(=O)C1CC[NH2+]CC1)c1ccc(Cl)cc1. The van der Waals surface area contributed by atoms with Gasteiger partial charge in [0.15, 0.2) is 0 Å². The summed E-state index contributed by atoms with van der Waals surface area (Å²) in [6.45, 7) is 2.28. The first kappa shape index (κ1) is 21.2. The monoisotopic (exact) mass is 395 g/mol. The van der Waals surface area contributed by atoms with Crippen LogP contribution in [0.3, 0.4) is 0 Å². The zero-order chi connectivity index (χ0) is 19.6. The molecule has 1 aliphatic rings. The molecule has 4 N–H and O–H groups in total. The molecular weight excluding hydrogens is 370 g/mol. The third-order valence-corrected chi connectivity index (χ3v) is 5.01. The van der Waals surface area contributed by atoms with Crippen molar-refractivity contribution < 1.29 is 24.8 Å². The summed E-state index contributed by atoms with van der Waals surface area (Å²) in [5, 5.41) is 18.8. The molecule has 0 spiro atoms. The second-order valence-electron chi connectivity index (χ2n) is 6.81. The molecule has 0 bridgehead atoms. The van der Waals surface area contributed by atoms with Gasteiger partial charge in [-0.2, -0.15) is 0 Å². The van der Waals surface area contributed by atoms with Crippen LogP contribution in [0.25, 0.3) is 0 Å². The summed E-state index contributed by atoms with van der Waals surface area (Å²) in [6.07, 6.45) is 1.64. The van der Waals surface area contributed by atoms with Crippen LogP contribution in [0.15, 0.2) is 24.3 Å². The van der Waals surface area contributed by atoms with E-state index in [9.17, 15) is 19.5 Å². The number of quaternary nitrogens is 1. The topological polar surface area (TPSA) is 115 Å². The number of nitrogens with two attached hydrogens (primary N) is 1. The van der Waals surface area contributed by atoms with Crippen LogP contribution in [-0.4, -0.2) is 44.0 Å². The van der Waals surface area contributed by atoms with E-state index < -0.39 is 5.97 Å². The maximum atomic E-state index is 12.4. The van der Waals surface area contributed by atoms with Gasteiger partial charge in [-0.15, -0.1) is 0 Å². The number of aliphatic carboxylic acids is 1. The molecule has 1 saturated heterocycles. The van der Waals surface area contributed by atoms with E-state index in [1.54, 1.807) is 12.1 Å². The second kappa shape index (κ2) is 10.9. The summed E-state index contributed by atoms with van der Waals surface area (Å²) in [5.41, 5.74) is 0.895. The number of hydrogen-bond donors (Lipinski definition) is 3. The van der Waals surface area contributed by atoms with Crippen LogP contribution < -0.4 is 21.1 Å². The minimum absolute atomic E-state index is 0.0257. The summed E-state index contributed by atoms with van der Waals surface area (Å²) in [4.78, 5) is 35.0. The zero-order valence-electron chi connectivity index (χ0n) is 15.2. The van der Waals surface area contributed by atoms with Gasteiger partial charge in [-0.1, -0.05) is 23.7 Å². The van der Waals surface area contributed by atoms with E-state index in [1.165, 1.54) is 0 Å². The van der Waals surface area contributed by atoms with Crippen molar-refractivity contribution in [2.75, 3.05) is 26.2 Å². The lowest BCUT2D eigenvalue weighted by atomic mass is 9.93. The predicted molar refractivity (Wildman–Crippen MR) is 98.8 cm³/mol. The van der Waals surface area contributed by atoms with Crippen LogP contribution in [0.4, 0.5) is 0 Å². The van der Waals surface area contributed by atoms with Crippen LogP contribution in [0.1, 0.15) is 37.2 Å². The highest BCUT2D eigenvalue weighted by molar-refractivity contribution is 6.30. The molecule has 0 saturated carbocycles. The average Bonchev–Trinajstić information content (AvgIpc) is 2.66. The first-order valence-electron chi connectivity index (χ1n) is 9.27. The summed E-state index contributed by atoms with van der Waals surface area (Å²) in [6, 6.07) is 7.17. The number of carbonyl (C=O) groups is 3. The Morgan fingerprint density at radius 3 is 2.44 bits per heavy atom. The first-order valence-corrected chi connectivity index (χ1v) is 9.65. The fourth-order valence-corrected chi connectivity index (χ4v) is 3.33. The minimum atomic E-state index is -1.21. The molecule has 7 nitrogen and oxygen atoms in total. The Morgan fingerprint density at radius 1 is 1.15 bits per heavy atom. The maximum Gasteiger partial charge on any atom is 0.223 e. The third kappa shape index (κ3) is 7.56. The lowest BCUT2D eigenvalue weighted by molar-refractivity contribution is -0.664. The summed E-state index contributed by atoms with van der Waals surface area (Å²) in [5.74, 6) is -1.64. The molecule has 0 radical (unpaired) electrons. The lowest BCUT2D eigenvalue weighted by Crippen LogP contribution is -2.86. The molecule has 1 atom stereocenters. The standard InChI is InChI=1S/C19H26ClN3O4/c20-16-3-1-13(2-4-16)15(11-17(24)22-10-7-18(25)26)12-23-19(27)14-5-8-21-9-6-14/h1-4,14-15,21H,5-12H2,(H,22,24)(H,23,27)(H,25,26)/t15-/m0/s1. The molecule has 1 aromatic carbocycles. The van der Waals surface area contributed by atoms with Crippen LogP contribution in [0.2, 0.25) is 5.02 Å². The van der Waals surface area contributed by atoms with Crippen molar-refractivity contribution in [1.29, 1.82) is 0 Å². The highest BCUT2D eigenvalue weighted by Gasteiger charge is 2.24. The molecule has 1 aromatic rings. The van der Waals surface area contributed by atoms with Crippen LogP contribution in [0.5, 0.6) is 0 Å². The summed E-state index contributed by atoms with van der Waals surface area (Å²) < 4.78 is 0. The van der Waals surface area contributed by atoms with Gasteiger partial charge < -0.3 is 25.9 Å². The zero-order valence-corrected chi connectivity index (χ0v) is 16.0. The van der Waals surface area contributed by atoms with E-state index in [4.69, 9.17) is 11.6 Å². The van der Waals surface area contributed by atoms with Crippen LogP contribution in [0, 0.1) is 5.92 Å². The normalized spacial score (nSPS) is 15.7. The van der Waals surface area contributed by atoms with Gasteiger partial charge in [0.2, 0.25) is 11.8 Å². The molecule has 27 heavy (non-hydrogen) atoms. The lowest BCUT2D eigenvalue weighted by Gasteiger charge is -2.22. The molecular formula is C19H26ClN3O4. The molecule has 1 fully saturated rings. The number of hydrogen-bond acceptors (Lipinski definition) is 4. The number of piperidine rings is 1. The quantitative estimate of drug-likeness (QED) is 0.505. The Kier molecular flexibility index (Phi) is 8.54. The van der Waals surface area contributed by atoms with Crippen molar-refractivity contribution in [2.45, 2.75) is 31.6 Å². The first-order chi connectivity index (χ1) is 13.0. The fraction of sp³-hybridized carbons (Fsp3) is 0.526. The number of carboxylic acids is 1. The van der Waals surface area contributed by atoms with Gasteiger partial charge in [0.1, 0.15) is 0 Å². The molecule has 0 aromatic heterocycles. The number of nitrogens with one attached hydrogen (secondary N) is 2. The Balaban J connectivity index is 1.94. The Morgan fingerprint density at radius 2 is 1.81 bits per heavy atom. The average molecular weight is 396 g/mol. The molecule has 8 heteroatoms. The number of carboxylic acid groups (broad SMARTS) is 1. The van der Waals surface area contributed by atoms with Gasteiger partial charge in [-0.25, -0.2) is 0 Å². The van der Waals surface area contributed by atoms with Gasteiger partial charge in [0, 0.05) is 61.6 Å². The molecule has 2 amide bonds. The summed E-state index contributed by atoms with van der Waals surface area (Å²) in [7, 11) is 0. The van der Waals surface area contributed by atoms with Crippen molar-refractivity contribution in [1.82, 2.24) is 10.6 Å².